The molecule has 4 rings (SSSR count). The SMILES string of the molecule is Cc1nc(-c2ccc(F)cc2)sc1C(=O)N1CC2CCC(N)C2C1.Cl. The largest absolute Gasteiger partial charge is 0.337 e. The molecule has 3 unspecified atom stereocenters. The van der Waals surface area contributed by atoms with Gasteiger partial charge in [-0.05, 0) is 55.9 Å². The summed E-state index contributed by atoms with van der Waals surface area (Å²) in [6.07, 6.45) is 2.20. The van der Waals surface area contributed by atoms with Gasteiger partial charge in [0.25, 0.3) is 5.91 Å². The molecule has 1 aromatic heterocycles. The molecule has 1 amide bonds. The molecule has 1 aliphatic carbocycles. The first-order valence-electron chi connectivity index (χ1n) is 8.31. The molecular formula is C18H21ClFN3OS. The Balaban J connectivity index is 0.00000182. The molecule has 3 atom stereocenters. The molecule has 2 N–H and O–H groups in total. The van der Waals surface area contributed by atoms with E-state index >= 15 is 0 Å². The Kier molecular flexibility index (Phi) is 5.14. The van der Waals surface area contributed by atoms with Crippen molar-refractivity contribution >= 4 is 29.7 Å². The lowest BCUT2D eigenvalue weighted by atomic mass is 9.98. The van der Waals surface area contributed by atoms with Crippen LogP contribution < -0.4 is 5.73 Å². The maximum absolute atomic E-state index is 13.1. The molecule has 2 fully saturated rings. The number of likely N-dealkylation sites (tertiary alicyclic amines) is 1. The molecule has 25 heavy (non-hydrogen) atoms. The number of nitrogens with two attached hydrogens (primary N) is 1. The van der Waals surface area contributed by atoms with Crippen molar-refractivity contribution in [2.45, 2.75) is 25.8 Å². The van der Waals surface area contributed by atoms with Crippen molar-refractivity contribution in [1.82, 2.24) is 9.88 Å². The number of carbonyl (C=O) groups is 1. The highest BCUT2D eigenvalue weighted by molar-refractivity contribution is 7.17. The number of amides is 1. The molecule has 134 valence electrons. The standard InChI is InChI=1S/C18H20FN3OS.ClH/c1-10-16(24-17(21-10)11-2-5-13(19)6-3-11)18(23)22-8-12-4-7-15(20)14(12)9-22;/h2-3,5-6,12,14-15H,4,7-9,20H2,1H3;1H. The van der Waals surface area contributed by atoms with Crippen LogP contribution in [-0.2, 0) is 0 Å². The number of thiazole rings is 1. The number of carbonyl (C=O) groups excluding carboxylic acids is 1. The second-order valence-electron chi connectivity index (χ2n) is 6.82. The van der Waals surface area contributed by atoms with Crippen LogP contribution in [0.1, 0.15) is 28.2 Å². The predicted molar refractivity (Wildman–Crippen MR) is 99.6 cm³/mol. The first-order chi connectivity index (χ1) is 11.5. The Hall–Kier alpha value is -1.50. The van der Waals surface area contributed by atoms with Crippen molar-refractivity contribution in [3.63, 3.8) is 0 Å². The van der Waals surface area contributed by atoms with Crippen LogP contribution in [0, 0.1) is 24.6 Å². The Morgan fingerprint density at radius 3 is 2.68 bits per heavy atom. The molecule has 1 saturated carbocycles. The van der Waals surface area contributed by atoms with Crippen LogP contribution >= 0.6 is 23.7 Å². The van der Waals surface area contributed by atoms with Gasteiger partial charge in [-0.1, -0.05) is 0 Å². The summed E-state index contributed by atoms with van der Waals surface area (Å²) in [5, 5.41) is 0.756. The molecule has 0 radical (unpaired) electrons. The average Bonchev–Trinajstić information content (AvgIpc) is 3.24. The minimum Gasteiger partial charge on any atom is -0.337 e. The van der Waals surface area contributed by atoms with Crippen LogP contribution in [0.4, 0.5) is 4.39 Å². The van der Waals surface area contributed by atoms with Gasteiger partial charge in [0.15, 0.2) is 0 Å². The van der Waals surface area contributed by atoms with Crippen molar-refractivity contribution in [2.75, 3.05) is 13.1 Å². The van der Waals surface area contributed by atoms with Crippen molar-refractivity contribution in [2.24, 2.45) is 17.6 Å². The quantitative estimate of drug-likeness (QED) is 0.866. The summed E-state index contributed by atoms with van der Waals surface area (Å²) in [6, 6.07) is 6.44. The van der Waals surface area contributed by atoms with E-state index in [0.29, 0.717) is 16.7 Å². The van der Waals surface area contributed by atoms with E-state index in [2.05, 4.69) is 4.98 Å². The number of rotatable bonds is 2. The van der Waals surface area contributed by atoms with E-state index in [9.17, 15) is 9.18 Å². The van der Waals surface area contributed by atoms with Crippen molar-refractivity contribution < 1.29 is 9.18 Å². The molecule has 1 aliphatic heterocycles. The fourth-order valence-corrected chi connectivity index (χ4v) is 4.97. The number of aromatic nitrogens is 1. The number of benzene rings is 1. The summed E-state index contributed by atoms with van der Waals surface area (Å²) >= 11 is 1.39. The molecule has 4 nitrogen and oxygen atoms in total. The lowest BCUT2D eigenvalue weighted by molar-refractivity contribution is 0.0783. The molecule has 2 heterocycles. The number of hydrogen-bond acceptors (Lipinski definition) is 4. The van der Waals surface area contributed by atoms with E-state index in [1.54, 1.807) is 12.1 Å². The Bertz CT molecular complexity index is 779. The zero-order chi connectivity index (χ0) is 16.8. The normalized spacial score (nSPS) is 24.9. The van der Waals surface area contributed by atoms with Crippen LogP contribution in [0.2, 0.25) is 0 Å². The highest BCUT2D eigenvalue weighted by Gasteiger charge is 2.43. The van der Waals surface area contributed by atoms with Crippen LogP contribution in [0.5, 0.6) is 0 Å². The van der Waals surface area contributed by atoms with Gasteiger partial charge in [0, 0.05) is 24.7 Å². The summed E-state index contributed by atoms with van der Waals surface area (Å²) < 4.78 is 13.1. The molecule has 7 heteroatoms. The van der Waals surface area contributed by atoms with E-state index in [-0.39, 0.29) is 30.2 Å². The van der Waals surface area contributed by atoms with E-state index < -0.39 is 0 Å². The van der Waals surface area contributed by atoms with Gasteiger partial charge in [0.05, 0.1) is 5.69 Å². The van der Waals surface area contributed by atoms with Gasteiger partial charge in [-0.15, -0.1) is 23.7 Å². The number of halogens is 2. The van der Waals surface area contributed by atoms with Crippen molar-refractivity contribution in [1.29, 1.82) is 0 Å². The first-order valence-corrected chi connectivity index (χ1v) is 9.13. The van der Waals surface area contributed by atoms with Gasteiger partial charge in [-0.2, -0.15) is 0 Å². The summed E-state index contributed by atoms with van der Waals surface area (Å²) in [4.78, 5) is 20.0. The fourth-order valence-electron chi connectivity index (χ4n) is 3.93. The zero-order valence-corrected chi connectivity index (χ0v) is 15.6. The van der Waals surface area contributed by atoms with Crippen LogP contribution in [0.25, 0.3) is 10.6 Å². The summed E-state index contributed by atoms with van der Waals surface area (Å²) in [5.41, 5.74) is 7.74. The maximum Gasteiger partial charge on any atom is 0.265 e. The summed E-state index contributed by atoms with van der Waals surface area (Å²) in [5.74, 6) is 0.774. The van der Waals surface area contributed by atoms with E-state index in [1.165, 1.54) is 23.5 Å². The number of fused-ring (bicyclic) bond motifs is 1. The zero-order valence-electron chi connectivity index (χ0n) is 13.9. The van der Waals surface area contributed by atoms with Gasteiger partial charge in [0.1, 0.15) is 15.7 Å². The average molecular weight is 382 g/mol. The predicted octanol–water partition coefficient (Wildman–Crippen LogP) is 3.49. The van der Waals surface area contributed by atoms with Gasteiger partial charge in [-0.25, -0.2) is 9.37 Å². The Morgan fingerprint density at radius 1 is 1.28 bits per heavy atom. The van der Waals surface area contributed by atoms with Crippen LogP contribution in [-0.4, -0.2) is 34.9 Å². The third kappa shape index (κ3) is 3.30. The number of nitrogens with zero attached hydrogens (tertiary/aromatic N) is 2. The number of hydrogen-bond donors (Lipinski definition) is 1. The van der Waals surface area contributed by atoms with Crippen molar-refractivity contribution in [3.05, 3.63) is 40.7 Å². The molecule has 2 aliphatic rings. The second kappa shape index (κ2) is 7.02. The van der Waals surface area contributed by atoms with E-state index in [0.717, 1.165) is 42.2 Å². The summed E-state index contributed by atoms with van der Waals surface area (Å²) in [7, 11) is 0. The fraction of sp³-hybridized carbons (Fsp3) is 0.444. The Labute approximate surface area is 156 Å². The van der Waals surface area contributed by atoms with Crippen molar-refractivity contribution in [3.8, 4) is 10.6 Å². The lowest BCUT2D eigenvalue weighted by Gasteiger charge is -2.18. The monoisotopic (exact) mass is 381 g/mol. The number of aryl methyl sites for hydroxylation is 1. The van der Waals surface area contributed by atoms with Crippen LogP contribution in [0.15, 0.2) is 24.3 Å². The summed E-state index contributed by atoms with van der Waals surface area (Å²) in [6.45, 7) is 3.42. The smallest absolute Gasteiger partial charge is 0.265 e. The molecule has 1 saturated heterocycles. The van der Waals surface area contributed by atoms with Crippen LogP contribution in [0.3, 0.4) is 0 Å². The molecule has 1 aromatic carbocycles. The highest BCUT2D eigenvalue weighted by atomic mass is 35.5. The topological polar surface area (TPSA) is 59.2 Å². The molecule has 2 aromatic rings. The third-order valence-corrected chi connectivity index (χ3v) is 6.48. The minimum absolute atomic E-state index is 0. The minimum atomic E-state index is -0.275. The van der Waals surface area contributed by atoms with E-state index in [1.807, 2.05) is 11.8 Å². The third-order valence-electron chi connectivity index (χ3n) is 5.28. The molecule has 0 spiro atoms. The van der Waals surface area contributed by atoms with Gasteiger partial charge in [0.2, 0.25) is 0 Å². The Morgan fingerprint density at radius 2 is 2.00 bits per heavy atom. The van der Waals surface area contributed by atoms with Gasteiger partial charge < -0.3 is 10.6 Å². The first kappa shape index (κ1) is 18.3. The van der Waals surface area contributed by atoms with Gasteiger partial charge in [-0.3, -0.25) is 4.79 Å². The maximum atomic E-state index is 13.1. The van der Waals surface area contributed by atoms with E-state index in [4.69, 9.17) is 5.73 Å². The second-order valence-corrected chi connectivity index (χ2v) is 7.81. The molecular weight excluding hydrogens is 361 g/mol. The lowest BCUT2D eigenvalue weighted by Crippen LogP contribution is -2.33. The highest BCUT2D eigenvalue weighted by Crippen LogP contribution is 2.38. The molecule has 0 bridgehead atoms. The van der Waals surface area contributed by atoms with Gasteiger partial charge >= 0.3 is 0 Å².